The van der Waals surface area contributed by atoms with Crippen LogP contribution in [0.2, 0.25) is 0 Å². The van der Waals surface area contributed by atoms with Crippen molar-refractivity contribution in [1.29, 1.82) is 0 Å². The Balaban J connectivity index is 2.20. The van der Waals surface area contributed by atoms with Gasteiger partial charge in [-0.2, -0.15) is 0 Å². The lowest BCUT2D eigenvalue weighted by atomic mass is 10.2. The number of ether oxygens (including phenoxy) is 1. The van der Waals surface area contributed by atoms with Gasteiger partial charge >= 0.3 is 5.97 Å². The first-order chi connectivity index (χ1) is 9.69. The molecule has 0 saturated heterocycles. The van der Waals surface area contributed by atoms with Crippen LogP contribution in [0, 0.1) is 3.14 Å². The highest BCUT2D eigenvalue weighted by atomic mass is 32.2. The smallest absolute Gasteiger partial charge is 0.349 e. The summed E-state index contributed by atoms with van der Waals surface area (Å²) in [5.41, 5.74) is 2.24. The molecule has 0 atom stereocenters. The first-order valence-electron chi connectivity index (χ1n) is 5.63. The van der Waals surface area contributed by atoms with Gasteiger partial charge in [0.2, 0.25) is 0 Å². The number of carbonyl (C=O) groups excluding carboxylic acids is 1. The lowest BCUT2D eigenvalue weighted by molar-refractivity contribution is 0.0607. The van der Waals surface area contributed by atoms with Crippen LogP contribution in [-0.4, -0.2) is 23.0 Å². The highest BCUT2D eigenvalue weighted by Crippen LogP contribution is 2.34. The molecule has 4 nitrogen and oxygen atoms in total. The minimum absolute atomic E-state index is 0.396. The van der Waals surface area contributed by atoms with Crippen LogP contribution in [0.5, 0.6) is 0 Å². The monoisotopic (exact) mass is 320 g/mol. The summed E-state index contributed by atoms with van der Waals surface area (Å²) in [6, 6.07) is 7.58. The molecule has 7 heteroatoms. The Bertz CT molecular complexity index is 854. The molecule has 100 valence electrons. The van der Waals surface area contributed by atoms with E-state index in [1.165, 1.54) is 29.8 Å². The Hall–Kier alpha value is -1.70. The number of fused-ring (bicyclic) bond motifs is 1. The van der Waals surface area contributed by atoms with E-state index in [9.17, 15) is 4.79 Å². The number of esters is 1. The molecule has 1 aromatic carbocycles. The van der Waals surface area contributed by atoms with Gasteiger partial charge < -0.3 is 4.74 Å². The van der Waals surface area contributed by atoms with Gasteiger partial charge in [0.15, 0.2) is 0 Å². The van der Waals surface area contributed by atoms with Gasteiger partial charge in [-0.3, -0.25) is 4.98 Å². The molecule has 20 heavy (non-hydrogen) atoms. The van der Waals surface area contributed by atoms with Crippen molar-refractivity contribution >= 4 is 51.9 Å². The summed E-state index contributed by atoms with van der Waals surface area (Å²) in [6.07, 6.45) is 1.65. The van der Waals surface area contributed by atoms with E-state index >= 15 is 0 Å². The van der Waals surface area contributed by atoms with E-state index in [0.717, 1.165) is 11.0 Å². The summed E-state index contributed by atoms with van der Waals surface area (Å²) in [5.74, 6) is -0.396. The Morgan fingerprint density at radius 1 is 1.25 bits per heavy atom. The number of methoxy groups -OCH3 is 1. The average molecular weight is 320 g/mol. The van der Waals surface area contributed by atoms with Crippen LogP contribution in [0.25, 0.3) is 21.6 Å². The molecule has 0 aliphatic carbocycles. The van der Waals surface area contributed by atoms with Gasteiger partial charge in [0.25, 0.3) is 0 Å². The number of nitrogens with zero attached hydrogens (tertiary/aromatic N) is 2. The first-order valence-corrected chi connectivity index (χ1v) is 7.67. The molecule has 0 aliphatic rings. The molecule has 0 aliphatic heterocycles. The second-order valence-electron chi connectivity index (χ2n) is 3.85. The molecule has 0 N–H and O–H groups in total. The number of carbonyl (C=O) groups is 1. The molecule has 0 bridgehead atoms. The van der Waals surface area contributed by atoms with Crippen molar-refractivity contribution in [2.75, 3.05) is 7.11 Å². The highest BCUT2D eigenvalue weighted by molar-refractivity contribution is 7.76. The third kappa shape index (κ3) is 2.35. The summed E-state index contributed by atoms with van der Waals surface area (Å²) < 4.78 is 5.45. The fraction of sp³-hybridized carbons (Fsp3) is 0.0769. The summed E-state index contributed by atoms with van der Waals surface area (Å²) in [7, 11) is 1.35. The van der Waals surface area contributed by atoms with E-state index in [1.807, 2.05) is 24.3 Å². The number of aromatic nitrogens is 2. The second kappa shape index (κ2) is 5.35. The zero-order valence-electron chi connectivity index (χ0n) is 10.3. The zero-order chi connectivity index (χ0) is 14.1. The first kappa shape index (κ1) is 13.3. The van der Waals surface area contributed by atoms with Crippen LogP contribution >= 0.6 is 34.9 Å². The third-order valence-corrected chi connectivity index (χ3v) is 5.28. The summed E-state index contributed by atoms with van der Waals surface area (Å²) >= 11 is 7.75. The Kier molecular flexibility index (Phi) is 3.56. The normalized spacial score (nSPS) is 10.7. The van der Waals surface area contributed by atoms with Crippen molar-refractivity contribution in [3.8, 4) is 10.6 Å². The standard InChI is InChI=1S/C13H8N2O2S3/c1-17-12(16)11-10(19-13(18)20-11)9-6-14-7-4-2-3-5-8(7)15-9/h2-6H,1H3. The zero-order valence-corrected chi connectivity index (χ0v) is 12.8. The van der Waals surface area contributed by atoms with Gasteiger partial charge in [0.05, 0.1) is 29.2 Å². The SMILES string of the molecule is COC(=O)c1sc(=S)sc1-c1cnc2ccccc2n1. The minimum atomic E-state index is -0.396. The van der Waals surface area contributed by atoms with E-state index in [2.05, 4.69) is 9.97 Å². The fourth-order valence-corrected chi connectivity index (χ4v) is 4.24. The minimum Gasteiger partial charge on any atom is -0.465 e. The van der Waals surface area contributed by atoms with Crippen molar-refractivity contribution < 1.29 is 9.53 Å². The maximum absolute atomic E-state index is 11.8. The molecule has 2 heterocycles. The Morgan fingerprint density at radius 2 is 2.00 bits per heavy atom. The van der Waals surface area contributed by atoms with Crippen LogP contribution in [0.1, 0.15) is 9.67 Å². The van der Waals surface area contributed by atoms with Crippen LogP contribution < -0.4 is 0 Å². The molecular formula is C13H8N2O2S3. The van der Waals surface area contributed by atoms with E-state index < -0.39 is 5.97 Å². The van der Waals surface area contributed by atoms with Gasteiger partial charge in [-0.15, -0.1) is 22.7 Å². The number of hydrogen-bond donors (Lipinski definition) is 0. The van der Waals surface area contributed by atoms with E-state index in [1.54, 1.807) is 6.20 Å². The van der Waals surface area contributed by atoms with Crippen molar-refractivity contribution in [2.45, 2.75) is 0 Å². The fourth-order valence-electron chi connectivity index (χ4n) is 1.74. The molecule has 3 aromatic rings. The molecule has 0 fully saturated rings. The number of para-hydroxylation sites is 2. The van der Waals surface area contributed by atoms with Gasteiger partial charge in [0.1, 0.15) is 13.7 Å². The van der Waals surface area contributed by atoms with E-state index in [4.69, 9.17) is 17.0 Å². The molecule has 3 rings (SSSR count). The molecular weight excluding hydrogens is 312 g/mol. The van der Waals surface area contributed by atoms with E-state index in [0.29, 0.717) is 18.6 Å². The number of benzene rings is 1. The van der Waals surface area contributed by atoms with Gasteiger partial charge in [-0.25, -0.2) is 9.78 Å². The highest BCUT2D eigenvalue weighted by Gasteiger charge is 2.19. The van der Waals surface area contributed by atoms with Gasteiger partial charge in [-0.1, -0.05) is 24.4 Å². The van der Waals surface area contributed by atoms with Crippen molar-refractivity contribution in [3.05, 3.63) is 38.5 Å². The molecule has 0 radical (unpaired) electrons. The predicted octanol–water partition coefficient (Wildman–Crippen LogP) is 3.94. The van der Waals surface area contributed by atoms with Gasteiger partial charge in [-0.05, 0) is 12.1 Å². The summed E-state index contributed by atoms with van der Waals surface area (Å²) in [5, 5.41) is 0. The summed E-state index contributed by atoms with van der Waals surface area (Å²) in [6.45, 7) is 0. The van der Waals surface area contributed by atoms with Crippen molar-refractivity contribution in [2.24, 2.45) is 0 Å². The maximum Gasteiger partial charge on any atom is 0.349 e. The number of hydrogen-bond acceptors (Lipinski definition) is 7. The quantitative estimate of drug-likeness (QED) is 0.529. The van der Waals surface area contributed by atoms with E-state index in [-0.39, 0.29) is 0 Å². The summed E-state index contributed by atoms with van der Waals surface area (Å²) in [4.78, 5) is 21.9. The number of rotatable bonds is 2. The maximum atomic E-state index is 11.8. The second-order valence-corrected chi connectivity index (χ2v) is 7.07. The predicted molar refractivity (Wildman–Crippen MR) is 82.9 cm³/mol. The molecule has 0 spiro atoms. The topological polar surface area (TPSA) is 52.1 Å². The molecule has 0 amide bonds. The molecule has 2 aromatic heterocycles. The van der Waals surface area contributed by atoms with Crippen LogP contribution in [0.4, 0.5) is 0 Å². The van der Waals surface area contributed by atoms with Crippen LogP contribution in [0.3, 0.4) is 0 Å². The van der Waals surface area contributed by atoms with Gasteiger partial charge in [0, 0.05) is 0 Å². The third-order valence-electron chi connectivity index (χ3n) is 2.63. The lowest BCUT2D eigenvalue weighted by Crippen LogP contribution is -2.00. The molecule has 0 saturated carbocycles. The Morgan fingerprint density at radius 3 is 2.75 bits per heavy atom. The van der Waals surface area contributed by atoms with Crippen molar-refractivity contribution in [3.63, 3.8) is 0 Å². The van der Waals surface area contributed by atoms with Crippen LogP contribution in [-0.2, 0) is 4.74 Å². The Labute approximate surface area is 127 Å². The largest absolute Gasteiger partial charge is 0.465 e. The average Bonchev–Trinajstić information content (AvgIpc) is 2.88. The molecule has 0 unspecified atom stereocenters. The van der Waals surface area contributed by atoms with Crippen LogP contribution in [0.15, 0.2) is 30.5 Å². The van der Waals surface area contributed by atoms with Crippen molar-refractivity contribution in [1.82, 2.24) is 9.97 Å². The lowest BCUT2D eigenvalue weighted by Gasteiger charge is -2.02.